The summed E-state index contributed by atoms with van der Waals surface area (Å²) in [7, 11) is 4.14. The Balaban J connectivity index is 0.00000364. The molecule has 2 rings (SSSR count). The highest BCUT2D eigenvalue weighted by molar-refractivity contribution is 14.0. The van der Waals surface area contributed by atoms with Crippen molar-refractivity contribution < 1.29 is 4.74 Å². The van der Waals surface area contributed by atoms with Crippen molar-refractivity contribution in [1.82, 2.24) is 9.80 Å². The number of rotatable bonds is 8. The molecule has 0 bridgehead atoms. The minimum Gasteiger partial charge on any atom is -0.377 e. The summed E-state index contributed by atoms with van der Waals surface area (Å²) in [5, 5.41) is 0.766. The van der Waals surface area contributed by atoms with E-state index in [4.69, 9.17) is 22.1 Å². The lowest BCUT2D eigenvalue weighted by Gasteiger charge is -2.36. The van der Waals surface area contributed by atoms with Crippen LogP contribution in [0.5, 0.6) is 0 Å². The molecule has 27 heavy (non-hydrogen) atoms. The summed E-state index contributed by atoms with van der Waals surface area (Å²) in [5.41, 5.74) is 7.43. The third-order valence-electron chi connectivity index (χ3n) is 4.55. The molecule has 8 heteroatoms. The van der Waals surface area contributed by atoms with Gasteiger partial charge in [0, 0.05) is 50.0 Å². The number of piperazine rings is 1. The molecule has 1 aromatic rings. The van der Waals surface area contributed by atoms with Crippen molar-refractivity contribution in [2.24, 2.45) is 10.7 Å². The van der Waals surface area contributed by atoms with Crippen molar-refractivity contribution in [2.45, 2.75) is 19.4 Å². The van der Waals surface area contributed by atoms with Crippen LogP contribution in [0.2, 0.25) is 5.02 Å². The van der Waals surface area contributed by atoms with Gasteiger partial charge in [0.2, 0.25) is 0 Å². The Hall–Kier alpha value is -0.770. The van der Waals surface area contributed by atoms with Gasteiger partial charge in [-0.15, -0.1) is 24.0 Å². The van der Waals surface area contributed by atoms with Gasteiger partial charge in [0.05, 0.1) is 12.6 Å². The molecular formula is C19H33ClIN5O. The number of hydrogen-bond donors (Lipinski definition) is 1. The predicted molar refractivity (Wildman–Crippen MR) is 126 cm³/mol. The third-order valence-corrected chi connectivity index (χ3v) is 4.80. The minimum atomic E-state index is 0. The van der Waals surface area contributed by atoms with Gasteiger partial charge in [-0.3, -0.25) is 4.99 Å². The van der Waals surface area contributed by atoms with Gasteiger partial charge in [-0.25, -0.2) is 0 Å². The number of hydrogen-bond acceptors (Lipinski definition) is 4. The van der Waals surface area contributed by atoms with Crippen molar-refractivity contribution in [3.63, 3.8) is 0 Å². The van der Waals surface area contributed by atoms with Crippen LogP contribution >= 0.6 is 35.6 Å². The van der Waals surface area contributed by atoms with E-state index in [0.29, 0.717) is 19.1 Å². The van der Waals surface area contributed by atoms with Gasteiger partial charge < -0.3 is 25.2 Å². The van der Waals surface area contributed by atoms with Gasteiger partial charge >= 0.3 is 0 Å². The molecule has 0 radical (unpaired) electrons. The Bertz CT molecular complexity index is 562. The second-order valence-electron chi connectivity index (χ2n) is 6.82. The van der Waals surface area contributed by atoms with Gasteiger partial charge in [0.1, 0.15) is 0 Å². The van der Waals surface area contributed by atoms with Crippen molar-refractivity contribution in [3.8, 4) is 0 Å². The number of nitrogens with zero attached hydrogens (tertiary/aromatic N) is 4. The van der Waals surface area contributed by atoms with Crippen molar-refractivity contribution in [2.75, 3.05) is 64.9 Å². The number of benzene rings is 1. The van der Waals surface area contributed by atoms with Crippen LogP contribution in [0.1, 0.15) is 13.3 Å². The van der Waals surface area contributed by atoms with E-state index in [1.807, 2.05) is 19.1 Å². The van der Waals surface area contributed by atoms with Gasteiger partial charge in [-0.2, -0.15) is 0 Å². The highest BCUT2D eigenvalue weighted by Crippen LogP contribution is 2.19. The Morgan fingerprint density at radius 3 is 2.41 bits per heavy atom. The topological polar surface area (TPSA) is 57.3 Å². The summed E-state index contributed by atoms with van der Waals surface area (Å²) in [4.78, 5) is 11.3. The molecule has 0 saturated carbocycles. The lowest BCUT2D eigenvalue weighted by molar-refractivity contribution is 0.0581. The number of aliphatic imine (C=N–C) groups is 1. The third kappa shape index (κ3) is 8.41. The first-order chi connectivity index (χ1) is 12.5. The smallest absolute Gasteiger partial charge is 0.191 e. The molecule has 1 heterocycles. The zero-order valence-electron chi connectivity index (χ0n) is 16.6. The first kappa shape index (κ1) is 24.3. The van der Waals surface area contributed by atoms with Gasteiger partial charge in [-0.05, 0) is 51.7 Å². The molecule has 1 saturated heterocycles. The molecule has 1 aliphatic heterocycles. The van der Waals surface area contributed by atoms with Crippen LogP contribution in [-0.4, -0.2) is 81.8 Å². The Morgan fingerprint density at radius 2 is 1.85 bits per heavy atom. The van der Waals surface area contributed by atoms with E-state index in [0.717, 1.165) is 44.2 Å². The van der Waals surface area contributed by atoms with E-state index < -0.39 is 0 Å². The largest absolute Gasteiger partial charge is 0.377 e. The van der Waals surface area contributed by atoms with E-state index in [-0.39, 0.29) is 30.1 Å². The maximum atomic E-state index is 6.23. The quantitative estimate of drug-likeness (QED) is 0.332. The highest BCUT2D eigenvalue weighted by Gasteiger charge is 2.19. The number of ether oxygens (including phenoxy) is 1. The zero-order chi connectivity index (χ0) is 18.9. The first-order valence-electron chi connectivity index (χ1n) is 9.31. The van der Waals surface area contributed by atoms with Gasteiger partial charge in [0.25, 0.3) is 0 Å². The fourth-order valence-corrected chi connectivity index (χ4v) is 3.13. The van der Waals surface area contributed by atoms with E-state index in [9.17, 15) is 0 Å². The minimum absolute atomic E-state index is 0. The predicted octanol–water partition coefficient (Wildman–Crippen LogP) is 2.75. The van der Waals surface area contributed by atoms with Crippen LogP contribution < -0.4 is 10.6 Å². The lowest BCUT2D eigenvalue weighted by atomic mass is 10.2. The summed E-state index contributed by atoms with van der Waals surface area (Å²) in [6, 6.07) is 7.99. The van der Waals surface area contributed by atoms with Gasteiger partial charge in [-0.1, -0.05) is 11.6 Å². The fourth-order valence-electron chi connectivity index (χ4n) is 3.01. The standard InChI is InChI=1S/C19H32ClN5O.HI/c1-4-26-18(9-10-23(2)3)15-22-19(21)25-13-11-24(12-14-25)17-7-5-16(20)6-8-17;/h5-8,18H,4,9-15H2,1-3H3,(H2,21,22);1H. The van der Waals surface area contributed by atoms with E-state index in [1.54, 1.807) is 0 Å². The van der Waals surface area contributed by atoms with Crippen LogP contribution in [0.25, 0.3) is 0 Å². The van der Waals surface area contributed by atoms with Crippen LogP contribution in [-0.2, 0) is 4.74 Å². The van der Waals surface area contributed by atoms with Crippen LogP contribution in [0, 0.1) is 0 Å². The zero-order valence-corrected chi connectivity index (χ0v) is 19.7. The van der Waals surface area contributed by atoms with Crippen LogP contribution in [0.15, 0.2) is 29.3 Å². The summed E-state index contributed by atoms with van der Waals surface area (Å²) in [5.74, 6) is 0.621. The molecule has 1 atom stereocenters. The second-order valence-corrected chi connectivity index (χ2v) is 7.26. The molecule has 1 unspecified atom stereocenters. The maximum absolute atomic E-state index is 6.23. The molecule has 2 N–H and O–H groups in total. The maximum Gasteiger partial charge on any atom is 0.191 e. The molecule has 6 nitrogen and oxygen atoms in total. The normalized spacial score (nSPS) is 16.4. The summed E-state index contributed by atoms with van der Waals surface area (Å²) >= 11 is 5.97. The molecule has 0 aromatic heterocycles. The summed E-state index contributed by atoms with van der Waals surface area (Å²) in [6.45, 7) is 7.91. The Morgan fingerprint density at radius 1 is 1.22 bits per heavy atom. The number of anilines is 1. The molecular weight excluding hydrogens is 477 g/mol. The van der Waals surface area contributed by atoms with Crippen molar-refractivity contribution in [1.29, 1.82) is 0 Å². The van der Waals surface area contributed by atoms with Crippen molar-refractivity contribution >= 4 is 47.2 Å². The molecule has 154 valence electrons. The SMILES string of the molecule is CCOC(CCN(C)C)CN=C(N)N1CCN(c2ccc(Cl)cc2)CC1.I. The Kier molecular flexibility index (Phi) is 11.4. The summed E-state index contributed by atoms with van der Waals surface area (Å²) < 4.78 is 5.79. The average Bonchev–Trinajstić information content (AvgIpc) is 2.64. The van der Waals surface area contributed by atoms with Crippen molar-refractivity contribution in [3.05, 3.63) is 29.3 Å². The molecule has 1 aromatic carbocycles. The molecule has 0 spiro atoms. The Labute approximate surface area is 185 Å². The molecule has 0 aliphatic carbocycles. The van der Waals surface area contributed by atoms with E-state index in [2.05, 4.69) is 45.9 Å². The van der Waals surface area contributed by atoms with Crippen LogP contribution in [0.4, 0.5) is 5.69 Å². The number of guanidine groups is 1. The first-order valence-corrected chi connectivity index (χ1v) is 9.69. The van der Waals surface area contributed by atoms with Gasteiger partial charge in [0.15, 0.2) is 5.96 Å². The van der Waals surface area contributed by atoms with Crippen LogP contribution in [0.3, 0.4) is 0 Å². The summed E-state index contributed by atoms with van der Waals surface area (Å²) in [6.07, 6.45) is 1.08. The second kappa shape index (κ2) is 12.6. The van der Waals surface area contributed by atoms with E-state index >= 15 is 0 Å². The fraction of sp³-hybridized carbons (Fsp3) is 0.632. The molecule has 1 fully saturated rings. The number of halogens is 2. The average molecular weight is 510 g/mol. The lowest BCUT2D eigenvalue weighted by Crippen LogP contribution is -2.51. The molecule has 0 amide bonds. The molecule has 1 aliphatic rings. The monoisotopic (exact) mass is 509 g/mol. The highest BCUT2D eigenvalue weighted by atomic mass is 127. The van der Waals surface area contributed by atoms with E-state index in [1.165, 1.54) is 5.69 Å². The number of nitrogens with two attached hydrogens (primary N) is 1.